The Morgan fingerprint density at radius 1 is 1.41 bits per heavy atom. The Kier molecular flexibility index (Phi) is 6.52. The van der Waals surface area contributed by atoms with Gasteiger partial charge in [0.05, 0.1) is 6.04 Å². The molecule has 2 unspecified atom stereocenters. The van der Waals surface area contributed by atoms with Crippen molar-refractivity contribution in [3.05, 3.63) is 0 Å². The third-order valence-corrected chi connectivity index (χ3v) is 3.48. The molecular weight excluding hydrogens is 214 g/mol. The lowest BCUT2D eigenvalue weighted by Gasteiger charge is -2.21. The number of nitrogens with one attached hydrogen (secondary N) is 2. The van der Waals surface area contributed by atoms with E-state index in [0.717, 1.165) is 25.9 Å². The van der Waals surface area contributed by atoms with Crippen LogP contribution in [0.25, 0.3) is 0 Å². The standard InChI is InChI=1S/C13H27N3O/c1-4-5-6-9-16(3)10-11-7-8-12(15-11)13(17)14-2/h11-12,15H,4-10H2,1-3H3,(H,14,17). The van der Waals surface area contributed by atoms with E-state index in [0.29, 0.717) is 6.04 Å². The second-order valence-electron chi connectivity index (χ2n) is 5.08. The summed E-state index contributed by atoms with van der Waals surface area (Å²) in [5.74, 6) is 0.126. The first-order valence-electron chi connectivity index (χ1n) is 6.83. The average Bonchev–Trinajstić information content (AvgIpc) is 2.77. The Hall–Kier alpha value is -0.610. The minimum absolute atomic E-state index is 0.0223. The van der Waals surface area contributed by atoms with E-state index in [1.807, 2.05) is 0 Å². The molecule has 17 heavy (non-hydrogen) atoms. The van der Waals surface area contributed by atoms with Gasteiger partial charge in [0.1, 0.15) is 0 Å². The third kappa shape index (κ3) is 5.04. The summed E-state index contributed by atoms with van der Waals surface area (Å²) in [6, 6.07) is 0.498. The first kappa shape index (κ1) is 14.5. The fraction of sp³-hybridized carbons (Fsp3) is 0.923. The van der Waals surface area contributed by atoms with Crippen LogP contribution in [0.15, 0.2) is 0 Å². The maximum atomic E-state index is 11.5. The van der Waals surface area contributed by atoms with E-state index in [2.05, 4.69) is 29.5 Å². The number of carbonyl (C=O) groups is 1. The predicted octanol–water partition coefficient (Wildman–Crippen LogP) is 0.975. The van der Waals surface area contributed by atoms with Crippen LogP contribution in [0.5, 0.6) is 0 Å². The smallest absolute Gasteiger partial charge is 0.236 e. The number of nitrogens with zero attached hydrogens (tertiary/aromatic N) is 1. The second-order valence-corrected chi connectivity index (χ2v) is 5.08. The molecule has 0 aromatic rings. The van der Waals surface area contributed by atoms with Gasteiger partial charge in [0.15, 0.2) is 0 Å². The Labute approximate surface area is 105 Å². The fourth-order valence-corrected chi connectivity index (χ4v) is 2.44. The number of rotatable bonds is 7. The van der Waals surface area contributed by atoms with Crippen molar-refractivity contribution in [2.24, 2.45) is 0 Å². The highest BCUT2D eigenvalue weighted by Crippen LogP contribution is 2.13. The number of unbranched alkanes of at least 4 members (excludes halogenated alkanes) is 2. The molecule has 2 atom stereocenters. The summed E-state index contributed by atoms with van der Waals surface area (Å²) >= 11 is 0. The molecule has 0 bridgehead atoms. The van der Waals surface area contributed by atoms with Crippen LogP contribution in [-0.2, 0) is 4.79 Å². The number of hydrogen-bond donors (Lipinski definition) is 2. The topological polar surface area (TPSA) is 44.4 Å². The van der Waals surface area contributed by atoms with Gasteiger partial charge in [0.2, 0.25) is 5.91 Å². The average molecular weight is 241 g/mol. The lowest BCUT2D eigenvalue weighted by molar-refractivity contribution is -0.122. The van der Waals surface area contributed by atoms with E-state index >= 15 is 0 Å². The molecule has 1 aliphatic heterocycles. The molecule has 2 N–H and O–H groups in total. The van der Waals surface area contributed by atoms with E-state index < -0.39 is 0 Å². The number of carbonyl (C=O) groups excluding carboxylic acids is 1. The van der Waals surface area contributed by atoms with Crippen LogP contribution in [0.1, 0.15) is 39.0 Å². The summed E-state index contributed by atoms with van der Waals surface area (Å²) in [4.78, 5) is 13.8. The van der Waals surface area contributed by atoms with Crippen molar-refractivity contribution in [3.8, 4) is 0 Å². The minimum atomic E-state index is 0.0223. The van der Waals surface area contributed by atoms with Gasteiger partial charge < -0.3 is 15.5 Å². The van der Waals surface area contributed by atoms with E-state index in [1.165, 1.54) is 19.3 Å². The molecule has 1 rings (SSSR count). The third-order valence-electron chi connectivity index (χ3n) is 3.48. The van der Waals surface area contributed by atoms with Gasteiger partial charge in [-0.1, -0.05) is 19.8 Å². The number of likely N-dealkylation sites (N-methyl/N-ethyl adjacent to an activating group) is 2. The lowest BCUT2D eigenvalue weighted by Crippen LogP contribution is -2.44. The van der Waals surface area contributed by atoms with Crippen molar-refractivity contribution in [3.63, 3.8) is 0 Å². The van der Waals surface area contributed by atoms with Crippen LogP contribution in [-0.4, -0.2) is 50.1 Å². The molecule has 1 aliphatic rings. The minimum Gasteiger partial charge on any atom is -0.358 e. The van der Waals surface area contributed by atoms with Gasteiger partial charge in [-0.2, -0.15) is 0 Å². The molecule has 0 aromatic carbocycles. The number of amides is 1. The van der Waals surface area contributed by atoms with Gasteiger partial charge in [-0.25, -0.2) is 0 Å². The van der Waals surface area contributed by atoms with Gasteiger partial charge >= 0.3 is 0 Å². The predicted molar refractivity (Wildman–Crippen MR) is 71.0 cm³/mol. The van der Waals surface area contributed by atoms with Crippen LogP contribution in [0.2, 0.25) is 0 Å². The zero-order valence-electron chi connectivity index (χ0n) is 11.5. The zero-order chi connectivity index (χ0) is 12.7. The van der Waals surface area contributed by atoms with Crippen molar-refractivity contribution < 1.29 is 4.79 Å². The molecule has 0 aromatic heterocycles. The molecule has 1 fully saturated rings. The van der Waals surface area contributed by atoms with Crippen LogP contribution in [0, 0.1) is 0 Å². The SMILES string of the molecule is CCCCCN(C)CC1CCC(C(=O)NC)N1. The van der Waals surface area contributed by atoms with E-state index in [1.54, 1.807) is 7.05 Å². The summed E-state index contributed by atoms with van der Waals surface area (Å²) in [6.45, 7) is 4.44. The molecule has 1 saturated heterocycles. The van der Waals surface area contributed by atoms with Gasteiger partial charge in [-0.3, -0.25) is 4.79 Å². The van der Waals surface area contributed by atoms with Gasteiger partial charge in [0, 0.05) is 19.6 Å². The molecule has 1 heterocycles. The van der Waals surface area contributed by atoms with Crippen molar-refractivity contribution in [1.29, 1.82) is 0 Å². The van der Waals surface area contributed by atoms with Gasteiger partial charge in [-0.15, -0.1) is 0 Å². The lowest BCUT2D eigenvalue weighted by atomic mass is 10.2. The Morgan fingerprint density at radius 3 is 2.82 bits per heavy atom. The van der Waals surface area contributed by atoms with Crippen molar-refractivity contribution in [2.45, 2.75) is 51.1 Å². The Balaban J connectivity index is 2.18. The summed E-state index contributed by atoms with van der Waals surface area (Å²) in [6.07, 6.45) is 5.93. The Bertz CT molecular complexity index is 233. The molecular formula is C13H27N3O. The van der Waals surface area contributed by atoms with Crippen LogP contribution in [0.3, 0.4) is 0 Å². The van der Waals surface area contributed by atoms with E-state index in [-0.39, 0.29) is 11.9 Å². The monoisotopic (exact) mass is 241 g/mol. The number of hydrogen-bond acceptors (Lipinski definition) is 3. The first-order chi connectivity index (χ1) is 8.17. The maximum absolute atomic E-state index is 11.5. The molecule has 0 spiro atoms. The van der Waals surface area contributed by atoms with Crippen molar-refractivity contribution >= 4 is 5.91 Å². The summed E-state index contributed by atoms with van der Waals surface area (Å²) < 4.78 is 0. The van der Waals surface area contributed by atoms with Crippen molar-refractivity contribution in [1.82, 2.24) is 15.5 Å². The molecule has 1 amide bonds. The van der Waals surface area contributed by atoms with Crippen LogP contribution >= 0.6 is 0 Å². The van der Waals surface area contributed by atoms with Crippen LogP contribution < -0.4 is 10.6 Å². The molecule has 100 valence electrons. The molecule has 4 nitrogen and oxygen atoms in total. The largest absolute Gasteiger partial charge is 0.358 e. The first-order valence-corrected chi connectivity index (χ1v) is 6.83. The van der Waals surface area contributed by atoms with Crippen LogP contribution in [0.4, 0.5) is 0 Å². The molecule has 0 saturated carbocycles. The second kappa shape index (κ2) is 7.67. The highest BCUT2D eigenvalue weighted by Gasteiger charge is 2.28. The van der Waals surface area contributed by atoms with Gasteiger partial charge in [0.25, 0.3) is 0 Å². The Morgan fingerprint density at radius 2 is 2.18 bits per heavy atom. The van der Waals surface area contributed by atoms with E-state index in [4.69, 9.17) is 0 Å². The quantitative estimate of drug-likeness (QED) is 0.653. The van der Waals surface area contributed by atoms with Crippen molar-refractivity contribution in [2.75, 3.05) is 27.2 Å². The molecule has 4 heteroatoms. The highest BCUT2D eigenvalue weighted by atomic mass is 16.2. The van der Waals surface area contributed by atoms with Gasteiger partial charge in [-0.05, 0) is 32.9 Å². The molecule has 0 aliphatic carbocycles. The molecule has 0 radical (unpaired) electrons. The van der Waals surface area contributed by atoms with E-state index in [9.17, 15) is 4.79 Å². The summed E-state index contributed by atoms with van der Waals surface area (Å²) in [5, 5.41) is 6.12. The maximum Gasteiger partial charge on any atom is 0.236 e. The normalized spacial score (nSPS) is 24.2. The zero-order valence-corrected chi connectivity index (χ0v) is 11.5. The summed E-state index contributed by atoms with van der Waals surface area (Å²) in [7, 11) is 3.87. The fourth-order valence-electron chi connectivity index (χ4n) is 2.44. The highest BCUT2D eigenvalue weighted by molar-refractivity contribution is 5.81. The summed E-state index contributed by atoms with van der Waals surface area (Å²) in [5.41, 5.74) is 0.